The number of nitrogens with one attached hydrogen (secondary N) is 1. The molecule has 2 aliphatic rings. The van der Waals surface area contributed by atoms with Crippen LogP contribution in [0.5, 0.6) is 0 Å². The van der Waals surface area contributed by atoms with E-state index in [0.717, 1.165) is 35.4 Å². The van der Waals surface area contributed by atoms with Crippen LogP contribution in [0.3, 0.4) is 0 Å². The Bertz CT molecular complexity index is 746. The van der Waals surface area contributed by atoms with E-state index in [4.69, 9.17) is 5.11 Å². The van der Waals surface area contributed by atoms with Gasteiger partial charge in [-0.25, -0.2) is 9.97 Å². The highest BCUT2D eigenvalue weighted by molar-refractivity contribution is 7.99. The number of piperidine rings is 1. The van der Waals surface area contributed by atoms with E-state index >= 15 is 0 Å². The van der Waals surface area contributed by atoms with Gasteiger partial charge < -0.3 is 10.4 Å². The molecule has 2 aromatic rings. The largest absolute Gasteiger partial charge is 0.396 e. The van der Waals surface area contributed by atoms with Gasteiger partial charge in [0.05, 0.1) is 5.69 Å². The summed E-state index contributed by atoms with van der Waals surface area (Å²) < 4.78 is 0. The Kier molecular flexibility index (Phi) is 5.72. The van der Waals surface area contributed by atoms with Crippen LogP contribution in [-0.4, -0.2) is 39.7 Å². The van der Waals surface area contributed by atoms with E-state index in [9.17, 15) is 0 Å². The van der Waals surface area contributed by atoms with Gasteiger partial charge in [-0.05, 0) is 56.0 Å². The van der Waals surface area contributed by atoms with E-state index in [-0.39, 0.29) is 0 Å². The van der Waals surface area contributed by atoms with Crippen LogP contribution < -0.4 is 5.32 Å². The van der Waals surface area contributed by atoms with E-state index in [1.54, 1.807) is 24.2 Å². The number of fused-ring (bicyclic) bond motifs is 2. The summed E-state index contributed by atoms with van der Waals surface area (Å²) >= 11 is 1.68. The second-order valence-corrected chi connectivity index (χ2v) is 8.24. The molecule has 3 heterocycles. The fourth-order valence-corrected chi connectivity index (χ4v) is 4.69. The van der Waals surface area contributed by atoms with Crippen molar-refractivity contribution in [3.8, 4) is 0 Å². The van der Waals surface area contributed by atoms with Crippen molar-refractivity contribution in [2.24, 2.45) is 5.92 Å². The van der Waals surface area contributed by atoms with E-state index in [1.807, 2.05) is 0 Å². The van der Waals surface area contributed by atoms with Gasteiger partial charge in [-0.1, -0.05) is 30.7 Å². The van der Waals surface area contributed by atoms with E-state index in [0.29, 0.717) is 6.61 Å². The molecule has 0 radical (unpaired) electrons. The highest BCUT2D eigenvalue weighted by Gasteiger charge is 2.21. The Balaban J connectivity index is 1.33. The molecule has 1 aromatic heterocycles. The number of nitrogens with zero attached hydrogens (tertiary/aromatic N) is 3. The molecule has 0 saturated carbocycles. The van der Waals surface area contributed by atoms with Gasteiger partial charge in [0, 0.05) is 30.4 Å². The minimum absolute atomic E-state index is 0.333. The zero-order valence-corrected chi connectivity index (χ0v) is 15.8. The third kappa shape index (κ3) is 4.19. The lowest BCUT2D eigenvalue weighted by Gasteiger charge is -2.32. The quantitative estimate of drug-likeness (QED) is 0.638. The highest BCUT2D eigenvalue weighted by atomic mass is 32.2. The van der Waals surface area contributed by atoms with Gasteiger partial charge in [-0.2, -0.15) is 0 Å². The van der Waals surface area contributed by atoms with E-state index < -0.39 is 0 Å². The molecular weight excluding hydrogens is 344 g/mol. The standard InChI is InChI=1S/C20H26N4OS/c25-12-2-1-3-15-6-10-24(11-7-15)14-16-4-5-18-17(13-16)23-19-20(26-18)22-9-8-21-19/h4-5,8-9,13,15,25H,1-3,6-7,10-12,14H2,(H,21,23). The van der Waals surface area contributed by atoms with Crippen molar-refractivity contribution in [2.45, 2.75) is 48.6 Å². The van der Waals surface area contributed by atoms with E-state index in [2.05, 4.69) is 38.4 Å². The van der Waals surface area contributed by atoms with Crippen LogP contribution in [0.25, 0.3) is 0 Å². The average molecular weight is 371 g/mol. The molecule has 4 rings (SSSR count). The minimum Gasteiger partial charge on any atom is -0.396 e. The summed E-state index contributed by atoms with van der Waals surface area (Å²) in [6.45, 7) is 3.70. The number of aromatic nitrogens is 2. The summed E-state index contributed by atoms with van der Waals surface area (Å²) in [5.41, 5.74) is 2.49. The number of aliphatic hydroxyl groups is 1. The maximum atomic E-state index is 8.92. The van der Waals surface area contributed by atoms with Crippen LogP contribution in [-0.2, 0) is 6.54 Å². The molecule has 138 valence electrons. The maximum absolute atomic E-state index is 8.92. The smallest absolute Gasteiger partial charge is 0.163 e. The predicted molar refractivity (Wildman–Crippen MR) is 105 cm³/mol. The first-order valence-corrected chi connectivity index (χ1v) is 10.4. The molecule has 0 spiro atoms. The molecule has 0 aliphatic carbocycles. The van der Waals surface area contributed by atoms with Crippen LogP contribution in [0, 0.1) is 5.92 Å². The number of hydrogen-bond acceptors (Lipinski definition) is 6. The lowest BCUT2D eigenvalue weighted by molar-refractivity contribution is 0.168. The monoisotopic (exact) mass is 370 g/mol. The summed E-state index contributed by atoms with van der Waals surface area (Å²) in [5, 5.41) is 13.3. The molecule has 5 nitrogen and oxygen atoms in total. The molecule has 1 fully saturated rings. The number of rotatable bonds is 6. The number of hydrogen-bond donors (Lipinski definition) is 2. The summed E-state index contributed by atoms with van der Waals surface area (Å²) in [4.78, 5) is 12.5. The van der Waals surface area contributed by atoms with Crippen molar-refractivity contribution in [1.82, 2.24) is 14.9 Å². The molecule has 0 amide bonds. The second kappa shape index (κ2) is 8.37. The van der Waals surface area contributed by atoms with Crippen molar-refractivity contribution in [3.63, 3.8) is 0 Å². The third-order valence-electron chi connectivity index (χ3n) is 5.30. The Hall–Kier alpha value is -1.63. The molecule has 26 heavy (non-hydrogen) atoms. The molecule has 0 bridgehead atoms. The molecule has 6 heteroatoms. The lowest BCUT2D eigenvalue weighted by atomic mass is 9.91. The van der Waals surface area contributed by atoms with Crippen molar-refractivity contribution in [3.05, 3.63) is 36.2 Å². The summed E-state index contributed by atoms with van der Waals surface area (Å²) in [6, 6.07) is 6.69. The third-order valence-corrected chi connectivity index (χ3v) is 6.37. The first-order valence-electron chi connectivity index (χ1n) is 9.54. The van der Waals surface area contributed by atoms with Crippen molar-refractivity contribution in [1.29, 1.82) is 0 Å². The van der Waals surface area contributed by atoms with Gasteiger partial charge in [0.2, 0.25) is 0 Å². The molecular formula is C20H26N4OS. The fourth-order valence-electron chi connectivity index (χ4n) is 3.82. The Morgan fingerprint density at radius 3 is 2.85 bits per heavy atom. The van der Waals surface area contributed by atoms with Gasteiger partial charge in [-0.15, -0.1) is 0 Å². The summed E-state index contributed by atoms with van der Waals surface area (Å²) in [5.74, 6) is 1.69. The Morgan fingerprint density at radius 1 is 1.15 bits per heavy atom. The highest BCUT2D eigenvalue weighted by Crippen LogP contribution is 2.42. The van der Waals surface area contributed by atoms with Crippen molar-refractivity contribution in [2.75, 3.05) is 25.0 Å². The molecule has 1 saturated heterocycles. The first kappa shape index (κ1) is 17.8. The number of unbranched alkanes of at least 4 members (excludes halogenated alkanes) is 1. The van der Waals surface area contributed by atoms with Gasteiger partial charge in [0.25, 0.3) is 0 Å². The van der Waals surface area contributed by atoms with Crippen LogP contribution in [0.15, 0.2) is 40.5 Å². The second-order valence-electron chi connectivity index (χ2n) is 7.21. The normalized spacial score (nSPS) is 17.4. The van der Waals surface area contributed by atoms with Crippen LogP contribution in [0.2, 0.25) is 0 Å². The predicted octanol–water partition coefficient (Wildman–Crippen LogP) is 4.06. The van der Waals surface area contributed by atoms with E-state index in [1.165, 1.54) is 49.2 Å². The van der Waals surface area contributed by atoms with Gasteiger partial charge in [0.15, 0.2) is 5.82 Å². The summed E-state index contributed by atoms with van der Waals surface area (Å²) in [6.07, 6.45) is 9.43. The van der Waals surface area contributed by atoms with Crippen molar-refractivity contribution >= 4 is 23.3 Å². The van der Waals surface area contributed by atoms with Gasteiger partial charge in [0.1, 0.15) is 5.03 Å². The zero-order chi connectivity index (χ0) is 17.8. The van der Waals surface area contributed by atoms with Gasteiger partial charge in [-0.3, -0.25) is 4.90 Å². The molecule has 1 aromatic carbocycles. The zero-order valence-electron chi connectivity index (χ0n) is 15.0. The SMILES string of the molecule is OCCCCC1CCN(Cc2ccc3c(c2)Nc2nccnc2S3)CC1. The number of likely N-dealkylation sites (tertiary alicyclic amines) is 1. The minimum atomic E-state index is 0.333. The van der Waals surface area contributed by atoms with Crippen molar-refractivity contribution < 1.29 is 5.11 Å². The van der Waals surface area contributed by atoms with Crippen LogP contribution in [0.1, 0.15) is 37.7 Å². The fraction of sp³-hybridized carbons (Fsp3) is 0.500. The molecule has 0 unspecified atom stereocenters. The number of benzene rings is 1. The first-order chi connectivity index (χ1) is 12.8. The Morgan fingerprint density at radius 2 is 2.00 bits per heavy atom. The van der Waals surface area contributed by atoms with Crippen LogP contribution in [0.4, 0.5) is 11.5 Å². The maximum Gasteiger partial charge on any atom is 0.163 e. The average Bonchev–Trinajstić information content (AvgIpc) is 2.68. The van der Waals surface area contributed by atoms with Crippen LogP contribution >= 0.6 is 11.8 Å². The molecule has 2 aliphatic heterocycles. The lowest BCUT2D eigenvalue weighted by Crippen LogP contribution is -2.33. The molecule has 0 atom stereocenters. The summed E-state index contributed by atoms with van der Waals surface area (Å²) in [7, 11) is 0. The number of aliphatic hydroxyl groups excluding tert-OH is 1. The topological polar surface area (TPSA) is 61.3 Å². The Labute approximate surface area is 159 Å². The number of anilines is 2. The molecule has 2 N–H and O–H groups in total. The van der Waals surface area contributed by atoms with Gasteiger partial charge >= 0.3 is 0 Å².